The van der Waals surface area contributed by atoms with Crippen LogP contribution >= 0.6 is 0 Å². The second-order valence-corrected chi connectivity index (χ2v) is 5.74. The molecule has 0 bridgehead atoms. The van der Waals surface area contributed by atoms with Crippen LogP contribution in [0, 0.1) is 5.92 Å². The van der Waals surface area contributed by atoms with Crippen LogP contribution in [0.3, 0.4) is 0 Å². The highest BCUT2D eigenvalue weighted by Gasteiger charge is 2.18. The molecular formula is C15H26N2O. The summed E-state index contributed by atoms with van der Waals surface area (Å²) in [6.07, 6.45) is 10.1. The van der Waals surface area contributed by atoms with Crippen molar-refractivity contribution in [2.75, 3.05) is 0 Å². The summed E-state index contributed by atoms with van der Waals surface area (Å²) in [6.45, 7) is 4.22. The normalized spacial score (nSPS) is 20.8. The molecule has 1 N–H and O–H groups in total. The van der Waals surface area contributed by atoms with Crippen LogP contribution in [0.5, 0.6) is 0 Å². The summed E-state index contributed by atoms with van der Waals surface area (Å²) >= 11 is 0. The van der Waals surface area contributed by atoms with Gasteiger partial charge in [0.1, 0.15) is 0 Å². The van der Waals surface area contributed by atoms with Crippen LogP contribution in [0.25, 0.3) is 0 Å². The third kappa shape index (κ3) is 3.35. The molecule has 1 aliphatic carbocycles. The molecule has 2 rings (SSSR count). The summed E-state index contributed by atoms with van der Waals surface area (Å²) in [5.41, 5.74) is 1.04. The van der Waals surface area contributed by atoms with E-state index in [2.05, 4.69) is 35.9 Å². The summed E-state index contributed by atoms with van der Waals surface area (Å²) in [7, 11) is 0. The van der Waals surface area contributed by atoms with Crippen LogP contribution in [-0.2, 0) is 6.42 Å². The molecule has 0 aromatic carbocycles. The van der Waals surface area contributed by atoms with Crippen LogP contribution in [0.2, 0.25) is 0 Å². The second-order valence-electron chi connectivity index (χ2n) is 5.74. The molecule has 3 heteroatoms. The first kappa shape index (κ1) is 13.6. The Morgan fingerprint density at radius 1 is 1.39 bits per heavy atom. The monoisotopic (exact) mass is 250 g/mol. The minimum atomic E-state index is -0.260. The molecule has 0 saturated heterocycles. The predicted molar refractivity (Wildman–Crippen MR) is 73.5 cm³/mol. The van der Waals surface area contributed by atoms with Crippen molar-refractivity contribution in [3.63, 3.8) is 0 Å². The van der Waals surface area contributed by atoms with Gasteiger partial charge in [0.15, 0.2) is 0 Å². The fourth-order valence-corrected chi connectivity index (χ4v) is 2.72. The van der Waals surface area contributed by atoms with Crippen LogP contribution in [0.15, 0.2) is 12.3 Å². The van der Waals surface area contributed by atoms with Gasteiger partial charge in [-0.1, -0.05) is 39.5 Å². The third-order valence-corrected chi connectivity index (χ3v) is 4.33. The van der Waals surface area contributed by atoms with Crippen molar-refractivity contribution in [2.24, 2.45) is 5.92 Å². The highest BCUT2D eigenvalue weighted by Crippen LogP contribution is 2.27. The SMILES string of the molecule is CCC(C)C(O)Cc1ccn(C2CCCCC2)n1. The van der Waals surface area contributed by atoms with Crippen molar-refractivity contribution in [3.05, 3.63) is 18.0 Å². The molecule has 18 heavy (non-hydrogen) atoms. The first-order valence-electron chi connectivity index (χ1n) is 7.42. The second kappa shape index (κ2) is 6.37. The number of rotatable bonds is 5. The van der Waals surface area contributed by atoms with Gasteiger partial charge in [0, 0.05) is 12.6 Å². The quantitative estimate of drug-likeness (QED) is 0.870. The summed E-state index contributed by atoms with van der Waals surface area (Å²) < 4.78 is 2.12. The summed E-state index contributed by atoms with van der Waals surface area (Å²) in [6, 6.07) is 2.66. The van der Waals surface area contributed by atoms with Crippen molar-refractivity contribution in [2.45, 2.75) is 70.9 Å². The van der Waals surface area contributed by atoms with Crippen molar-refractivity contribution in [3.8, 4) is 0 Å². The maximum atomic E-state index is 10.0. The van der Waals surface area contributed by atoms with Gasteiger partial charge in [0.05, 0.1) is 17.8 Å². The van der Waals surface area contributed by atoms with E-state index < -0.39 is 0 Å². The summed E-state index contributed by atoms with van der Waals surface area (Å²) in [5.74, 6) is 0.352. The van der Waals surface area contributed by atoms with E-state index in [4.69, 9.17) is 0 Å². The molecule has 1 aliphatic rings. The molecule has 102 valence electrons. The van der Waals surface area contributed by atoms with Crippen molar-refractivity contribution < 1.29 is 5.11 Å². The number of hydrogen-bond donors (Lipinski definition) is 1. The number of nitrogens with zero attached hydrogens (tertiary/aromatic N) is 2. The Balaban J connectivity index is 1.93. The Morgan fingerprint density at radius 2 is 2.11 bits per heavy atom. The first-order valence-corrected chi connectivity index (χ1v) is 7.42. The zero-order chi connectivity index (χ0) is 13.0. The molecule has 0 spiro atoms. The molecule has 3 nitrogen and oxygen atoms in total. The third-order valence-electron chi connectivity index (χ3n) is 4.33. The molecule has 1 saturated carbocycles. The Hall–Kier alpha value is -0.830. The molecule has 2 unspecified atom stereocenters. The van der Waals surface area contributed by atoms with E-state index in [-0.39, 0.29) is 6.10 Å². The lowest BCUT2D eigenvalue weighted by Gasteiger charge is -2.22. The number of aliphatic hydroxyl groups excluding tert-OH is 1. The molecule has 1 heterocycles. The minimum absolute atomic E-state index is 0.260. The Kier molecular flexibility index (Phi) is 4.81. The standard InChI is InChI=1S/C15H26N2O/c1-3-12(2)15(18)11-13-9-10-17(16-13)14-7-5-4-6-8-14/h9-10,12,14-15,18H,3-8,11H2,1-2H3. The van der Waals surface area contributed by atoms with Gasteiger partial charge in [-0.15, -0.1) is 0 Å². The van der Waals surface area contributed by atoms with Crippen molar-refractivity contribution in [1.29, 1.82) is 0 Å². The summed E-state index contributed by atoms with van der Waals surface area (Å²) in [5, 5.41) is 14.7. The Labute approximate surface area is 110 Å². The lowest BCUT2D eigenvalue weighted by Crippen LogP contribution is -2.20. The highest BCUT2D eigenvalue weighted by molar-refractivity contribution is 5.02. The smallest absolute Gasteiger partial charge is 0.0650 e. The van der Waals surface area contributed by atoms with Gasteiger partial charge in [-0.2, -0.15) is 5.10 Å². The lowest BCUT2D eigenvalue weighted by molar-refractivity contribution is 0.113. The van der Waals surface area contributed by atoms with Gasteiger partial charge in [0.2, 0.25) is 0 Å². The van der Waals surface area contributed by atoms with E-state index in [1.165, 1.54) is 32.1 Å². The minimum Gasteiger partial charge on any atom is -0.392 e. The van der Waals surface area contributed by atoms with Crippen molar-refractivity contribution in [1.82, 2.24) is 9.78 Å². The molecule has 0 radical (unpaired) electrons. The van der Waals surface area contributed by atoms with Gasteiger partial charge >= 0.3 is 0 Å². The number of hydrogen-bond acceptors (Lipinski definition) is 2. The fourth-order valence-electron chi connectivity index (χ4n) is 2.72. The maximum Gasteiger partial charge on any atom is 0.0650 e. The van der Waals surface area contributed by atoms with Crippen LogP contribution in [-0.4, -0.2) is 21.0 Å². The van der Waals surface area contributed by atoms with E-state index >= 15 is 0 Å². The van der Waals surface area contributed by atoms with E-state index in [0.717, 1.165) is 12.1 Å². The Morgan fingerprint density at radius 3 is 2.78 bits per heavy atom. The zero-order valence-electron chi connectivity index (χ0n) is 11.7. The van der Waals surface area contributed by atoms with E-state index in [0.29, 0.717) is 18.4 Å². The van der Waals surface area contributed by atoms with E-state index in [1.807, 2.05) is 0 Å². The summed E-state index contributed by atoms with van der Waals surface area (Å²) in [4.78, 5) is 0. The molecule has 2 atom stereocenters. The molecule has 1 aromatic rings. The number of aliphatic hydroxyl groups is 1. The van der Waals surface area contributed by atoms with E-state index in [9.17, 15) is 5.11 Å². The predicted octanol–water partition coefficient (Wildman–Crippen LogP) is 3.34. The van der Waals surface area contributed by atoms with Crippen molar-refractivity contribution >= 4 is 0 Å². The molecular weight excluding hydrogens is 224 g/mol. The molecule has 1 aromatic heterocycles. The molecule has 0 aliphatic heterocycles. The Bertz CT molecular complexity index is 355. The zero-order valence-corrected chi connectivity index (χ0v) is 11.7. The average Bonchev–Trinajstić information content (AvgIpc) is 2.87. The van der Waals surface area contributed by atoms with Gasteiger partial charge in [-0.05, 0) is 24.8 Å². The molecule has 1 fully saturated rings. The van der Waals surface area contributed by atoms with Crippen LogP contribution < -0.4 is 0 Å². The van der Waals surface area contributed by atoms with Gasteiger partial charge in [-0.3, -0.25) is 4.68 Å². The van der Waals surface area contributed by atoms with Gasteiger partial charge in [0.25, 0.3) is 0 Å². The fraction of sp³-hybridized carbons (Fsp3) is 0.800. The highest BCUT2D eigenvalue weighted by atomic mass is 16.3. The van der Waals surface area contributed by atoms with Gasteiger partial charge < -0.3 is 5.11 Å². The lowest BCUT2D eigenvalue weighted by atomic mass is 9.96. The van der Waals surface area contributed by atoms with E-state index in [1.54, 1.807) is 0 Å². The largest absolute Gasteiger partial charge is 0.392 e. The first-order chi connectivity index (χ1) is 8.70. The maximum absolute atomic E-state index is 10.0. The average molecular weight is 250 g/mol. The molecule has 0 amide bonds. The topological polar surface area (TPSA) is 38.0 Å². The van der Waals surface area contributed by atoms with Gasteiger partial charge in [-0.25, -0.2) is 0 Å². The van der Waals surface area contributed by atoms with Crippen LogP contribution in [0.1, 0.15) is 64.1 Å². The van der Waals surface area contributed by atoms with Crippen LogP contribution in [0.4, 0.5) is 0 Å². The number of aromatic nitrogens is 2.